The van der Waals surface area contributed by atoms with Crippen molar-refractivity contribution in [1.82, 2.24) is 10.2 Å². The van der Waals surface area contributed by atoms with E-state index in [2.05, 4.69) is 5.32 Å². The molecule has 6 heteroatoms. The van der Waals surface area contributed by atoms with Crippen LogP contribution >= 0.6 is 0 Å². The van der Waals surface area contributed by atoms with E-state index in [4.69, 9.17) is 5.73 Å². The summed E-state index contributed by atoms with van der Waals surface area (Å²) in [5.74, 6) is -0.931. The molecule has 1 saturated heterocycles. The third kappa shape index (κ3) is 3.51. The van der Waals surface area contributed by atoms with E-state index in [9.17, 15) is 14.0 Å². The molecular weight excluding hydrogens is 273 g/mol. The quantitative estimate of drug-likeness (QED) is 0.811. The average molecular weight is 293 g/mol. The number of nitrogens with one attached hydrogen (secondary N) is 1. The van der Waals surface area contributed by atoms with E-state index in [1.54, 1.807) is 11.8 Å². The highest BCUT2D eigenvalue weighted by atomic mass is 19.1. The van der Waals surface area contributed by atoms with Crippen molar-refractivity contribution in [2.75, 3.05) is 18.8 Å². The Morgan fingerprint density at radius 2 is 1.95 bits per heavy atom. The number of nitrogens with two attached hydrogens (primary N) is 1. The van der Waals surface area contributed by atoms with Gasteiger partial charge in [-0.3, -0.25) is 9.59 Å². The molecule has 2 amide bonds. The van der Waals surface area contributed by atoms with E-state index in [-0.39, 0.29) is 23.4 Å². The Balaban J connectivity index is 2.07. The molecule has 1 fully saturated rings. The van der Waals surface area contributed by atoms with Crippen LogP contribution in [0.15, 0.2) is 12.1 Å². The number of anilines is 1. The lowest BCUT2D eigenvalue weighted by Crippen LogP contribution is -2.46. The van der Waals surface area contributed by atoms with E-state index >= 15 is 0 Å². The number of amides is 2. The van der Waals surface area contributed by atoms with Crippen molar-refractivity contribution in [1.29, 1.82) is 0 Å². The predicted molar refractivity (Wildman–Crippen MR) is 78.3 cm³/mol. The minimum Gasteiger partial charge on any atom is -0.399 e. The lowest BCUT2D eigenvalue weighted by atomic mass is 10.0. The summed E-state index contributed by atoms with van der Waals surface area (Å²) < 4.78 is 14.1. The molecule has 0 aromatic heterocycles. The Hall–Kier alpha value is -2.11. The van der Waals surface area contributed by atoms with Gasteiger partial charge in [-0.1, -0.05) is 0 Å². The van der Waals surface area contributed by atoms with Crippen LogP contribution in [0.5, 0.6) is 0 Å². The molecule has 114 valence electrons. The third-order valence-corrected chi connectivity index (χ3v) is 3.70. The monoisotopic (exact) mass is 293 g/mol. The summed E-state index contributed by atoms with van der Waals surface area (Å²) in [6, 6.07) is 2.97. The maximum atomic E-state index is 14.1. The van der Waals surface area contributed by atoms with Gasteiger partial charge in [0.2, 0.25) is 5.91 Å². The Bertz CT molecular complexity index is 566. The molecule has 0 aliphatic carbocycles. The van der Waals surface area contributed by atoms with E-state index in [1.165, 1.54) is 19.1 Å². The van der Waals surface area contributed by atoms with Gasteiger partial charge in [0, 0.05) is 31.7 Å². The van der Waals surface area contributed by atoms with Crippen LogP contribution in [0.1, 0.15) is 35.7 Å². The fourth-order valence-corrected chi connectivity index (χ4v) is 2.64. The molecule has 5 nitrogen and oxygen atoms in total. The lowest BCUT2D eigenvalue weighted by Gasteiger charge is -2.32. The summed E-state index contributed by atoms with van der Waals surface area (Å²) in [5, 5.41) is 2.84. The smallest absolute Gasteiger partial charge is 0.256 e. The number of halogens is 1. The van der Waals surface area contributed by atoms with Gasteiger partial charge in [0.1, 0.15) is 5.82 Å². The zero-order valence-electron chi connectivity index (χ0n) is 12.3. The average Bonchev–Trinajstić information content (AvgIpc) is 2.42. The van der Waals surface area contributed by atoms with Gasteiger partial charge in [-0.05, 0) is 37.5 Å². The predicted octanol–water partition coefficient (Wildman–Crippen LogP) is 1.46. The van der Waals surface area contributed by atoms with Gasteiger partial charge < -0.3 is 16.0 Å². The van der Waals surface area contributed by atoms with Gasteiger partial charge in [0.15, 0.2) is 0 Å². The normalized spacial score (nSPS) is 15.9. The molecule has 1 aromatic carbocycles. The number of likely N-dealkylation sites (tertiary alicyclic amines) is 1. The van der Waals surface area contributed by atoms with Crippen LogP contribution in [0.4, 0.5) is 10.1 Å². The Kier molecular flexibility index (Phi) is 4.45. The van der Waals surface area contributed by atoms with Gasteiger partial charge in [0.25, 0.3) is 5.91 Å². The largest absolute Gasteiger partial charge is 0.399 e. The fourth-order valence-electron chi connectivity index (χ4n) is 2.64. The molecule has 21 heavy (non-hydrogen) atoms. The summed E-state index contributed by atoms with van der Waals surface area (Å²) in [5.41, 5.74) is 6.45. The van der Waals surface area contributed by atoms with Gasteiger partial charge in [-0.25, -0.2) is 4.39 Å². The van der Waals surface area contributed by atoms with E-state index < -0.39 is 5.82 Å². The SMILES string of the molecule is CC(=O)NC1CCN(C(=O)c2cc(N)cc(C)c2F)CC1. The highest BCUT2D eigenvalue weighted by Crippen LogP contribution is 2.21. The number of aryl methyl sites for hydroxylation is 1. The maximum Gasteiger partial charge on any atom is 0.256 e. The van der Waals surface area contributed by atoms with Crippen molar-refractivity contribution in [3.8, 4) is 0 Å². The molecule has 1 aromatic rings. The summed E-state index contributed by atoms with van der Waals surface area (Å²) in [7, 11) is 0. The van der Waals surface area contributed by atoms with Crippen LogP contribution in [-0.4, -0.2) is 35.8 Å². The molecule has 0 bridgehead atoms. The Labute approximate surface area is 123 Å². The Morgan fingerprint density at radius 3 is 2.52 bits per heavy atom. The van der Waals surface area contributed by atoms with Crippen LogP contribution in [0.25, 0.3) is 0 Å². The van der Waals surface area contributed by atoms with Crippen molar-refractivity contribution < 1.29 is 14.0 Å². The number of nitrogens with zero attached hydrogens (tertiary/aromatic N) is 1. The second-order valence-electron chi connectivity index (χ2n) is 5.47. The molecule has 2 rings (SSSR count). The number of hydrogen-bond acceptors (Lipinski definition) is 3. The molecule has 1 heterocycles. The Morgan fingerprint density at radius 1 is 1.33 bits per heavy atom. The zero-order valence-corrected chi connectivity index (χ0v) is 12.3. The van der Waals surface area contributed by atoms with Gasteiger partial charge >= 0.3 is 0 Å². The highest BCUT2D eigenvalue weighted by Gasteiger charge is 2.26. The number of hydrogen-bond donors (Lipinski definition) is 2. The summed E-state index contributed by atoms with van der Waals surface area (Å²) in [6.45, 7) is 4.06. The van der Waals surface area contributed by atoms with Crippen molar-refractivity contribution in [3.63, 3.8) is 0 Å². The van der Waals surface area contributed by atoms with E-state index in [1.807, 2.05) is 0 Å². The van der Waals surface area contributed by atoms with Crippen molar-refractivity contribution in [3.05, 3.63) is 29.1 Å². The maximum absolute atomic E-state index is 14.1. The molecular formula is C15H20FN3O2. The number of carbonyl (C=O) groups excluding carboxylic acids is 2. The van der Waals surface area contributed by atoms with Crippen LogP contribution in [0, 0.1) is 12.7 Å². The number of benzene rings is 1. The number of piperidine rings is 1. The standard InChI is InChI=1S/C15H20FN3O2/c1-9-7-11(17)8-13(14(9)16)15(21)19-5-3-12(4-6-19)18-10(2)20/h7-8,12H,3-6,17H2,1-2H3,(H,18,20). The topological polar surface area (TPSA) is 75.4 Å². The first-order valence-corrected chi connectivity index (χ1v) is 7.00. The second kappa shape index (κ2) is 6.11. The van der Waals surface area contributed by atoms with Crippen molar-refractivity contribution in [2.45, 2.75) is 32.7 Å². The summed E-state index contributed by atoms with van der Waals surface area (Å²) in [6.07, 6.45) is 1.35. The van der Waals surface area contributed by atoms with Crippen LogP contribution < -0.4 is 11.1 Å². The van der Waals surface area contributed by atoms with Crippen LogP contribution in [0.2, 0.25) is 0 Å². The summed E-state index contributed by atoms with van der Waals surface area (Å²) >= 11 is 0. The first-order valence-electron chi connectivity index (χ1n) is 7.00. The molecule has 0 atom stereocenters. The molecule has 0 spiro atoms. The van der Waals surface area contributed by atoms with Gasteiger partial charge in [-0.15, -0.1) is 0 Å². The van der Waals surface area contributed by atoms with E-state index in [0.29, 0.717) is 37.2 Å². The lowest BCUT2D eigenvalue weighted by molar-refractivity contribution is -0.119. The first kappa shape index (κ1) is 15.3. The third-order valence-electron chi connectivity index (χ3n) is 3.70. The van der Waals surface area contributed by atoms with Gasteiger partial charge in [0.05, 0.1) is 5.56 Å². The van der Waals surface area contributed by atoms with E-state index in [0.717, 1.165) is 0 Å². The molecule has 0 unspecified atom stereocenters. The highest BCUT2D eigenvalue weighted by molar-refractivity contribution is 5.95. The van der Waals surface area contributed by atoms with Crippen LogP contribution in [0.3, 0.4) is 0 Å². The zero-order chi connectivity index (χ0) is 15.6. The van der Waals surface area contributed by atoms with Crippen molar-refractivity contribution in [2.24, 2.45) is 0 Å². The fraction of sp³-hybridized carbons (Fsp3) is 0.467. The number of rotatable bonds is 2. The molecule has 1 aliphatic heterocycles. The number of carbonyl (C=O) groups is 2. The molecule has 0 radical (unpaired) electrons. The minimum absolute atomic E-state index is 0.0190. The van der Waals surface area contributed by atoms with Crippen molar-refractivity contribution >= 4 is 17.5 Å². The van der Waals surface area contributed by atoms with Crippen LogP contribution in [-0.2, 0) is 4.79 Å². The second-order valence-corrected chi connectivity index (χ2v) is 5.47. The molecule has 1 aliphatic rings. The van der Waals surface area contributed by atoms with Gasteiger partial charge in [-0.2, -0.15) is 0 Å². The molecule has 3 N–H and O–H groups in total. The number of nitrogen functional groups attached to an aromatic ring is 1. The summed E-state index contributed by atoms with van der Waals surface area (Å²) in [4.78, 5) is 25.0. The molecule has 0 saturated carbocycles. The first-order chi connectivity index (χ1) is 9.88. The minimum atomic E-state index is -0.516.